The van der Waals surface area contributed by atoms with Gasteiger partial charge in [0.15, 0.2) is 0 Å². The number of ether oxygens (including phenoxy) is 1. The number of carbonyl (C=O) groups excluding carboxylic acids is 1. The SMILES string of the molecule is COC(=O)[C@@H](Cc1ccccc1)N(Cc1ccccc1N)S(C)(=O)=O. The number of rotatable bonds is 7. The van der Waals surface area contributed by atoms with Crippen molar-refractivity contribution in [1.82, 2.24) is 4.31 Å². The molecule has 134 valence electrons. The number of methoxy groups -OCH3 is 1. The van der Waals surface area contributed by atoms with E-state index in [2.05, 4.69) is 0 Å². The molecule has 2 N–H and O–H groups in total. The average Bonchev–Trinajstić information content (AvgIpc) is 2.58. The van der Waals surface area contributed by atoms with Crippen LogP contribution in [0.5, 0.6) is 0 Å². The summed E-state index contributed by atoms with van der Waals surface area (Å²) < 4.78 is 30.7. The Morgan fingerprint density at radius 2 is 1.72 bits per heavy atom. The predicted molar refractivity (Wildman–Crippen MR) is 97.2 cm³/mol. The number of nitrogen functional groups attached to an aromatic ring is 1. The molecule has 0 aliphatic carbocycles. The summed E-state index contributed by atoms with van der Waals surface area (Å²) in [6, 6.07) is 15.2. The molecule has 0 saturated heterocycles. The van der Waals surface area contributed by atoms with Gasteiger partial charge in [0.1, 0.15) is 6.04 Å². The fraction of sp³-hybridized carbons (Fsp3) is 0.278. The van der Waals surface area contributed by atoms with Crippen LogP contribution in [0.25, 0.3) is 0 Å². The number of carbonyl (C=O) groups is 1. The van der Waals surface area contributed by atoms with Gasteiger partial charge in [-0.2, -0.15) is 4.31 Å². The summed E-state index contributed by atoms with van der Waals surface area (Å²) in [5, 5.41) is 0. The molecular weight excluding hydrogens is 340 g/mol. The number of para-hydroxylation sites is 1. The van der Waals surface area contributed by atoms with E-state index >= 15 is 0 Å². The van der Waals surface area contributed by atoms with Crippen molar-refractivity contribution in [1.29, 1.82) is 0 Å². The minimum Gasteiger partial charge on any atom is -0.468 e. The van der Waals surface area contributed by atoms with Crippen molar-refractivity contribution in [2.75, 3.05) is 19.1 Å². The van der Waals surface area contributed by atoms with E-state index < -0.39 is 22.0 Å². The zero-order valence-electron chi connectivity index (χ0n) is 14.3. The number of nitrogens with zero attached hydrogens (tertiary/aromatic N) is 1. The van der Waals surface area contributed by atoms with Crippen LogP contribution in [0.15, 0.2) is 54.6 Å². The summed E-state index contributed by atoms with van der Waals surface area (Å²) in [5.41, 5.74) is 7.88. The lowest BCUT2D eigenvalue weighted by atomic mass is 10.1. The van der Waals surface area contributed by atoms with E-state index in [0.717, 1.165) is 16.1 Å². The second-order valence-corrected chi connectivity index (χ2v) is 7.67. The van der Waals surface area contributed by atoms with Gasteiger partial charge in [-0.05, 0) is 23.6 Å². The monoisotopic (exact) mass is 362 g/mol. The second kappa shape index (κ2) is 8.13. The molecule has 0 aliphatic rings. The first-order chi connectivity index (χ1) is 11.8. The van der Waals surface area contributed by atoms with E-state index in [-0.39, 0.29) is 13.0 Å². The number of benzene rings is 2. The maximum atomic E-state index is 12.4. The predicted octanol–water partition coefficient (Wildman–Crippen LogP) is 1.81. The molecule has 0 saturated carbocycles. The molecule has 2 aromatic carbocycles. The summed E-state index contributed by atoms with van der Waals surface area (Å²) in [5.74, 6) is -0.608. The summed E-state index contributed by atoms with van der Waals surface area (Å²) >= 11 is 0. The molecule has 25 heavy (non-hydrogen) atoms. The molecule has 0 heterocycles. The average molecular weight is 362 g/mol. The third-order valence-electron chi connectivity index (χ3n) is 3.90. The first kappa shape index (κ1) is 19.0. The summed E-state index contributed by atoms with van der Waals surface area (Å²) in [6.45, 7) is -0.00188. The lowest BCUT2D eigenvalue weighted by molar-refractivity contribution is -0.145. The van der Waals surface area contributed by atoms with Crippen LogP contribution in [0.1, 0.15) is 11.1 Å². The van der Waals surface area contributed by atoms with Gasteiger partial charge in [0, 0.05) is 12.2 Å². The van der Waals surface area contributed by atoms with Crippen LogP contribution in [0.2, 0.25) is 0 Å². The van der Waals surface area contributed by atoms with Crippen molar-refractivity contribution in [2.24, 2.45) is 0 Å². The van der Waals surface area contributed by atoms with Crippen molar-refractivity contribution in [3.05, 3.63) is 65.7 Å². The van der Waals surface area contributed by atoms with Gasteiger partial charge in [0.05, 0.1) is 13.4 Å². The van der Waals surface area contributed by atoms with E-state index in [9.17, 15) is 13.2 Å². The van der Waals surface area contributed by atoms with Gasteiger partial charge in [-0.25, -0.2) is 8.42 Å². The second-order valence-electron chi connectivity index (χ2n) is 5.74. The van der Waals surface area contributed by atoms with Gasteiger partial charge >= 0.3 is 5.97 Å². The molecule has 7 heteroatoms. The van der Waals surface area contributed by atoms with Crippen molar-refractivity contribution in [3.8, 4) is 0 Å². The zero-order valence-corrected chi connectivity index (χ0v) is 15.1. The minimum atomic E-state index is -3.68. The van der Waals surface area contributed by atoms with Crippen LogP contribution in [0.4, 0.5) is 5.69 Å². The first-order valence-electron chi connectivity index (χ1n) is 7.75. The highest BCUT2D eigenvalue weighted by atomic mass is 32.2. The Labute approximate surface area is 148 Å². The van der Waals surface area contributed by atoms with Gasteiger partial charge in [0.2, 0.25) is 10.0 Å². The number of hydrogen-bond donors (Lipinski definition) is 1. The molecule has 2 rings (SSSR count). The van der Waals surface area contributed by atoms with E-state index in [4.69, 9.17) is 10.5 Å². The molecule has 0 aliphatic heterocycles. The molecule has 0 unspecified atom stereocenters. The Balaban J connectivity index is 2.40. The van der Waals surface area contributed by atoms with E-state index in [0.29, 0.717) is 11.3 Å². The molecule has 6 nitrogen and oxygen atoms in total. The number of anilines is 1. The molecule has 0 fully saturated rings. The summed E-state index contributed by atoms with van der Waals surface area (Å²) in [4.78, 5) is 12.3. The van der Waals surface area contributed by atoms with E-state index in [1.807, 2.05) is 30.3 Å². The zero-order chi connectivity index (χ0) is 18.4. The number of hydrogen-bond acceptors (Lipinski definition) is 5. The van der Waals surface area contributed by atoms with Crippen molar-refractivity contribution >= 4 is 21.7 Å². The molecular formula is C18H22N2O4S. The molecule has 0 aromatic heterocycles. The lowest BCUT2D eigenvalue weighted by Crippen LogP contribution is -2.46. The fourth-order valence-electron chi connectivity index (χ4n) is 2.58. The van der Waals surface area contributed by atoms with Crippen molar-refractivity contribution in [2.45, 2.75) is 19.0 Å². The summed E-state index contributed by atoms with van der Waals surface area (Å²) in [6.07, 6.45) is 1.29. The smallest absolute Gasteiger partial charge is 0.324 e. The standard InChI is InChI=1S/C18H22N2O4S/c1-24-18(21)17(12-14-8-4-3-5-9-14)20(25(2,22)23)13-15-10-6-7-11-16(15)19/h3-11,17H,12-13,19H2,1-2H3/t17-/m1/s1. The number of sulfonamides is 1. The Morgan fingerprint density at radius 3 is 2.28 bits per heavy atom. The van der Waals surface area contributed by atoms with Crippen LogP contribution in [-0.4, -0.2) is 38.1 Å². The van der Waals surface area contributed by atoms with Crippen molar-refractivity contribution in [3.63, 3.8) is 0 Å². The van der Waals surface area contributed by atoms with Crippen LogP contribution in [0, 0.1) is 0 Å². The third kappa shape index (κ3) is 5.04. The van der Waals surface area contributed by atoms with Crippen LogP contribution in [-0.2, 0) is 32.5 Å². The maximum Gasteiger partial charge on any atom is 0.324 e. The van der Waals surface area contributed by atoms with Gasteiger partial charge in [-0.3, -0.25) is 4.79 Å². The Hall–Kier alpha value is -2.38. The van der Waals surface area contributed by atoms with Crippen molar-refractivity contribution < 1.29 is 17.9 Å². The van der Waals surface area contributed by atoms with Crippen LogP contribution >= 0.6 is 0 Å². The van der Waals surface area contributed by atoms with E-state index in [1.54, 1.807) is 24.3 Å². The molecule has 0 amide bonds. The molecule has 0 bridgehead atoms. The first-order valence-corrected chi connectivity index (χ1v) is 9.59. The molecule has 1 atom stereocenters. The number of nitrogens with two attached hydrogens (primary N) is 1. The maximum absolute atomic E-state index is 12.4. The normalized spacial score (nSPS) is 12.8. The molecule has 2 aromatic rings. The highest BCUT2D eigenvalue weighted by molar-refractivity contribution is 7.88. The van der Waals surface area contributed by atoms with Gasteiger partial charge in [-0.15, -0.1) is 0 Å². The van der Waals surface area contributed by atoms with Crippen LogP contribution in [0.3, 0.4) is 0 Å². The quantitative estimate of drug-likeness (QED) is 0.599. The Morgan fingerprint density at radius 1 is 1.12 bits per heavy atom. The van der Waals surface area contributed by atoms with Gasteiger partial charge in [-0.1, -0.05) is 48.5 Å². The van der Waals surface area contributed by atoms with E-state index in [1.165, 1.54) is 7.11 Å². The highest BCUT2D eigenvalue weighted by Crippen LogP contribution is 2.20. The molecule has 0 radical (unpaired) electrons. The lowest BCUT2D eigenvalue weighted by Gasteiger charge is -2.28. The largest absolute Gasteiger partial charge is 0.468 e. The van der Waals surface area contributed by atoms with Gasteiger partial charge < -0.3 is 10.5 Å². The highest BCUT2D eigenvalue weighted by Gasteiger charge is 2.33. The Kier molecular flexibility index (Phi) is 6.17. The van der Waals surface area contributed by atoms with Gasteiger partial charge in [0.25, 0.3) is 0 Å². The minimum absolute atomic E-state index is 0.00188. The van der Waals surface area contributed by atoms with Crippen LogP contribution < -0.4 is 5.73 Å². The Bertz CT molecular complexity index is 822. The fourth-order valence-corrected chi connectivity index (χ4v) is 3.58. The number of esters is 1. The topological polar surface area (TPSA) is 89.7 Å². The molecule has 0 spiro atoms. The third-order valence-corrected chi connectivity index (χ3v) is 5.14. The summed E-state index contributed by atoms with van der Waals surface area (Å²) in [7, 11) is -2.43.